The Morgan fingerprint density at radius 2 is 1.90 bits per heavy atom. The van der Waals surface area contributed by atoms with Crippen LogP contribution in [0.5, 0.6) is 0 Å². The molecule has 0 atom stereocenters. The summed E-state index contributed by atoms with van der Waals surface area (Å²) in [5, 5.41) is 0. The zero-order chi connectivity index (χ0) is 16.0. The van der Waals surface area contributed by atoms with Crippen LogP contribution in [0.25, 0.3) is 0 Å². The second kappa shape index (κ2) is 7.08. The molecule has 1 aromatic carbocycles. The Morgan fingerprint density at radius 3 is 2.38 bits per heavy atom. The van der Waals surface area contributed by atoms with Crippen LogP contribution < -0.4 is 0 Å². The van der Waals surface area contributed by atoms with Crippen LogP contribution in [0.1, 0.15) is 12.0 Å². The van der Waals surface area contributed by atoms with Gasteiger partial charge in [0.1, 0.15) is 5.70 Å². The van der Waals surface area contributed by atoms with Gasteiger partial charge in [0.2, 0.25) is 0 Å². The second-order valence-electron chi connectivity index (χ2n) is 4.41. The zero-order valence-corrected chi connectivity index (χ0v) is 13.0. The van der Waals surface area contributed by atoms with Crippen LogP contribution in [0.15, 0.2) is 54.1 Å². The predicted octanol–water partition coefficient (Wildman–Crippen LogP) is 2.25. The van der Waals surface area contributed by atoms with Crippen molar-refractivity contribution in [3.05, 3.63) is 54.8 Å². The van der Waals surface area contributed by atoms with E-state index in [2.05, 4.69) is 17.9 Å². The van der Waals surface area contributed by atoms with Crippen molar-refractivity contribution in [3.8, 4) is 0 Å². The monoisotopic (exact) mass is 309 g/mol. The largest absolute Gasteiger partial charge is 0.464 e. The molecule has 1 rings (SSSR count). The first-order chi connectivity index (χ1) is 9.84. The van der Waals surface area contributed by atoms with Gasteiger partial charge in [0.05, 0.1) is 12.0 Å². The number of aryl methyl sites for hydroxylation is 1. The molecule has 0 aliphatic rings. The minimum atomic E-state index is -3.86. The summed E-state index contributed by atoms with van der Waals surface area (Å²) in [7, 11) is -2.68. The smallest absolute Gasteiger partial charge is 0.354 e. The van der Waals surface area contributed by atoms with E-state index in [1.165, 1.54) is 19.2 Å². The molecule has 114 valence electrons. The highest BCUT2D eigenvalue weighted by Gasteiger charge is 2.28. The molecule has 0 aliphatic carbocycles. The van der Waals surface area contributed by atoms with E-state index in [4.69, 9.17) is 0 Å². The number of carbonyl (C=O) groups is 1. The second-order valence-corrected chi connectivity index (χ2v) is 6.27. The Hall–Kier alpha value is -2.08. The first-order valence-electron chi connectivity index (χ1n) is 6.32. The summed E-state index contributed by atoms with van der Waals surface area (Å²) in [6.07, 6.45) is 1.96. The molecule has 0 unspecified atom stereocenters. The minimum absolute atomic E-state index is 0.0770. The van der Waals surface area contributed by atoms with Crippen molar-refractivity contribution in [1.82, 2.24) is 4.31 Å². The molecular formula is C15H19NO4S. The summed E-state index contributed by atoms with van der Waals surface area (Å²) in [6.45, 7) is 9.02. The van der Waals surface area contributed by atoms with Gasteiger partial charge in [-0.05, 0) is 25.5 Å². The third kappa shape index (κ3) is 3.95. The Balaban J connectivity index is 3.22. The summed E-state index contributed by atoms with van der Waals surface area (Å²) >= 11 is 0. The normalized spacial score (nSPS) is 10.8. The Kier molecular flexibility index (Phi) is 5.72. The molecule has 1 aromatic rings. The van der Waals surface area contributed by atoms with E-state index < -0.39 is 16.0 Å². The maximum Gasteiger partial charge on any atom is 0.354 e. The lowest BCUT2D eigenvalue weighted by Crippen LogP contribution is -2.34. The number of carbonyl (C=O) groups excluding carboxylic acids is 1. The third-order valence-electron chi connectivity index (χ3n) is 2.87. The van der Waals surface area contributed by atoms with Crippen molar-refractivity contribution in [1.29, 1.82) is 0 Å². The molecule has 5 nitrogen and oxygen atoms in total. The predicted molar refractivity (Wildman–Crippen MR) is 81.0 cm³/mol. The van der Waals surface area contributed by atoms with Crippen molar-refractivity contribution in [2.75, 3.05) is 13.7 Å². The molecule has 0 heterocycles. The van der Waals surface area contributed by atoms with Crippen LogP contribution in [-0.4, -0.2) is 32.3 Å². The lowest BCUT2D eigenvalue weighted by Gasteiger charge is -2.24. The van der Waals surface area contributed by atoms with E-state index in [-0.39, 0.29) is 17.1 Å². The van der Waals surface area contributed by atoms with Gasteiger partial charge in [-0.25, -0.2) is 13.2 Å². The molecule has 0 radical (unpaired) electrons. The van der Waals surface area contributed by atoms with E-state index >= 15 is 0 Å². The number of methoxy groups -OCH3 is 1. The first-order valence-corrected chi connectivity index (χ1v) is 7.76. The summed E-state index contributed by atoms with van der Waals surface area (Å²) in [4.78, 5) is 11.7. The SMILES string of the molecule is C=CCCN(C(=C)C(=O)OC)S(=O)(=O)c1ccc(C)cc1. The molecule has 0 saturated heterocycles. The fraction of sp³-hybridized carbons (Fsp3) is 0.267. The highest BCUT2D eigenvalue weighted by molar-refractivity contribution is 7.89. The molecule has 0 spiro atoms. The molecule has 0 saturated carbocycles. The Morgan fingerprint density at radius 1 is 1.33 bits per heavy atom. The average molecular weight is 309 g/mol. The fourth-order valence-electron chi connectivity index (χ4n) is 1.67. The van der Waals surface area contributed by atoms with Crippen molar-refractivity contribution in [2.24, 2.45) is 0 Å². The maximum atomic E-state index is 12.6. The first kappa shape index (κ1) is 17.0. The van der Waals surface area contributed by atoms with Crippen LogP contribution in [0, 0.1) is 6.92 Å². The molecule has 0 fully saturated rings. The van der Waals surface area contributed by atoms with Crippen molar-refractivity contribution >= 4 is 16.0 Å². The molecule has 0 amide bonds. The van der Waals surface area contributed by atoms with Crippen molar-refractivity contribution < 1.29 is 17.9 Å². The van der Waals surface area contributed by atoms with Gasteiger partial charge >= 0.3 is 5.97 Å². The number of ether oxygens (including phenoxy) is 1. The van der Waals surface area contributed by atoms with Crippen LogP contribution in [-0.2, 0) is 19.6 Å². The maximum absolute atomic E-state index is 12.6. The van der Waals surface area contributed by atoms with Gasteiger partial charge in [-0.2, -0.15) is 0 Å². The molecule has 0 aliphatic heterocycles. The fourth-order valence-corrected chi connectivity index (χ4v) is 3.11. The van der Waals surface area contributed by atoms with Gasteiger partial charge in [-0.15, -0.1) is 6.58 Å². The zero-order valence-electron chi connectivity index (χ0n) is 12.2. The van der Waals surface area contributed by atoms with Crippen molar-refractivity contribution in [3.63, 3.8) is 0 Å². The summed E-state index contributed by atoms with van der Waals surface area (Å²) in [5.41, 5.74) is 0.721. The van der Waals surface area contributed by atoms with Gasteiger partial charge in [0.25, 0.3) is 10.0 Å². The molecular weight excluding hydrogens is 290 g/mol. The van der Waals surface area contributed by atoms with E-state index in [0.29, 0.717) is 6.42 Å². The molecule has 0 aromatic heterocycles. The van der Waals surface area contributed by atoms with Crippen LogP contribution >= 0.6 is 0 Å². The number of esters is 1. The van der Waals surface area contributed by atoms with E-state index in [9.17, 15) is 13.2 Å². The highest BCUT2D eigenvalue weighted by atomic mass is 32.2. The average Bonchev–Trinajstić information content (AvgIpc) is 2.46. The van der Waals surface area contributed by atoms with Crippen LogP contribution in [0.2, 0.25) is 0 Å². The molecule has 0 N–H and O–H groups in total. The standard InChI is InChI=1S/C15H19NO4S/c1-5-6-11-16(13(3)15(17)20-4)21(18,19)14-9-7-12(2)8-10-14/h5,7-10H,1,3,6,11H2,2,4H3. The van der Waals surface area contributed by atoms with Crippen molar-refractivity contribution in [2.45, 2.75) is 18.2 Å². The summed E-state index contributed by atoms with van der Waals surface area (Å²) in [6, 6.07) is 6.38. The number of nitrogens with zero attached hydrogens (tertiary/aromatic N) is 1. The van der Waals surface area contributed by atoms with Gasteiger partial charge in [-0.3, -0.25) is 4.31 Å². The van der Waals surface area contributed by atoms with E-state index in [1.807, 2.05) is 6.92 Å². The van der Waals surface area contributed by atoms with E-state index in [1.54, 1.807) is 18.2 Å². The lowest BCUT2D eigenvalue weighted by molar-refractivity contribution is -0.137. The highest BCUT2D eigenvalue weighted by Crippen LogP contribution is 2.21. The number of rotatable bonds is 7. The third-order valence-corrected chi connectivity index (χ3v) is 4.72. The van der Waals surface area contributed by atoms with Gasteiger partial charge in [-0.1, -0.05) is 30.4 Å². The quantitative estimate of drug-likeness (QED) is 0.440. The van der Waals surface area contributed by atoms with Crippen LogP contribution in [0.3, 0.4) is 0 Å². The molecule has 0 bridgehead atoms. The molecule has 21 heavy (non-hydrogen) atoms. The van der Waals surface area contributed by atoms with Gasteiger partial charge in [0, 0.05) is 6.54 Å². The van der Waals surface area contributed by atoms with E-state index in [0.717, 1.165) is 9.87 Å². The summed E-state index contributed by atoms with van der Waals surface area (Å²) in [5.74, 6) is -0.783. The van der Waals surface area contributed by atoms with Gasteiger partial charge < -0.3 is 4.74 Å². The van der Waals surface area contributed by atoms with Crippen LogP contribution in [0.4, 0.5) is 0 Å². The Labute approximate surface area is 125 Å². The Bertz CT molecular complexity index is 632. The topological polar surface area (TPSA) is 63.7 Å². The number of hydrogen-bond acceptors (Lipinski definition) is 4. The lowest BCUT2D eigenvalue weighted by atomic mass is 10.2. The molecule has 6 heteroatoms. The van der Waals surface area contributed by atoms with Gasteiger partial charge in [0.15, 0.2) is 0 Å². The minimum Gasteiger partial charge on any atom is -0.464 e. The summed E-state index contributed by atoms with van der Waals surface area (Å²) < 4.78 is 30.8. The number of sulfonamides is 1. The number of benzene rings is 1. The number of hydrogen-bond donors (Lipinski definition) is 0.